The fourth-order valence-electron chi connectivity index (χ4n) is 7.43. The molecule has 214 valence electrons. The van der Waals surface area contributed by atoms with Crippen LogP contribution in [0.4, 0.5) is 5.69 Å². The summed E-state index contributed by atoms with van der Waals surface area (Å²) in [6.07, 6.45) is 2.19. The lowest BCUT2D eigenvalue weighted by Crippen LogP contribution is -2.57. The van der Waals surface area contributed by atoms with Crippen LogP contribution >= 0.6 is 0 Å². The molecule has 3 aromatic rings. The van der Waals surface area contributed by atoms with Gasteiger partial charge in [-0.05, 0) is 61.1 Å². The zero-order chi connectivity index (χ0) is 28.8. The average Bonchev–Trinajstić information content (AvgIpc) is 3.55. The molecule has 41 heavy (non-hydrogen) atoms. The van der Waals surface area contributed by atoms with E-state index in [1.165, 1.54) is 4.90 Å². The highest BCUT2D eigenvalue weighted by atomic mass is 16.5. The van der Waals surface area contributed by atoms with Gasteiger partial charge in [0, 0.05) is 12.2 Å². The average molecular weight is 556 g/mol. The van der Waals surface area contributed by atoms with E-state index < -0.39 is 35.1 Å². The van der Waals surface area contributed by atoms with Crippen molar-refractivity contribution < 1.29 is 24.2 Å². The van der Waals surface area contributed by atoms with E-state index in [-0.39, 0.29) is 24.3 Å². The molecule has 6 rings (SSSR count). The summed E-state index contributed by atoms with van der Waals surface area (Å²) < 4.78 is 6.71. The lowest BCUT2D eigenvalue weighted by atomic mass is 9.66. The molecule has 3 fully saturated rings. The molecule has 3 amide bonds. The number of carbonyl (C=O) groups is 3. The van der Waals surface area contributed by atoms with Crippen molar-refractivity contribution in [1.82, 2.24) is 10.2 Å². The number of nitrogens with one attached hydrogen (secondary N) is 2. The maximum atomic E-state index is 14.4. The molecule has 0 radical (unpaired) electrons. The summed E-state index contributed by atoms with van der Waals surface area (Å²) >= 11 is 0. The Kier molecular flexibility index (Phi) is 7.08. The van der Waals surface area contributed by atoms with Gasteiger partial charge in [0.2, 0.25) is 17.7 Å². The zero-order valence-electron chi connectivity index (χ0n) is 23.5. The lowest BCUT2D eigenvalue weighted by molar-refractivity contribution is -0.147. The molecule has 0 saturated carbocycles. The van der Waals surface area contributed by atoms with E-state index in [4.69, 9.17) is 4.74 Å². The number of ether oxygens (including phenoxy) is 1. The largest absolute Gasteiger partial charge is 0.394 e. The second-order valence-corrected chi connectivity index (χ2v) is 11.8. The van der Waals surface area contributed by atoms with Crippen LogP contribution < -0.4 is 10.6 Å². The molecule has 3 aliphatic heterocycles. The molecule has 0 aliphatic carbocycles. The van der Waals surface area contributed by atoms with Gasteiger partial charge in [-0.2, -0.15) is 0 Å². The van der Waals surface area contributed by atoms with Crippen molar-refractivity contribution >= 4 is 34.2 Å². The molecule has 8 nitrogen and oxygen atoms in total. The number of aliphatic hydroxyl groups excluding tert-OH is 1. The summed E-state index contributed by atoms with van der Waals surface area (Å²) in [5.74, 6) is -2.42. The standard InChI is InChI=1S/C33H37N3O5/c1-3-17-34-29(38)26-27-31(40)36(25(20-37)18-21-9-5-4-6-10-21)28(33(27)16-15-32(26,2)41-33)30(39)35-24-14-13-22-11-7-8-12-23(22)19-24/h4-14,19,25-28,37H,3,15-18,20H2,1-2H3,(H,34,38)(H,35,39)/t25-,26+,27+,28?,32-,33?/m1/s1. The van der Waals surface area contributed by atoms with Crippen LogP contribution in [0.15, 0.2) is 72.8 Å². The minimum absolute atomic E-state index is 0.214. The summed E-state index contributed by atoms with van der Waals surface area (Å²) in [4.78, 5) is 43.7. The summed E-state index contributed by atoms with van der Waals surface area (Å²) in [5.41, 5.74) is -0.456. The van der Waals surface area contributed by atoms with Crippen LogP contribution in [0.1, 0.15) is 38.7 Å². The molecule has 3 N–H and O–H groups in total. The van der Waals surface area contributed by atoms with Gasteiger partial charge in [0.15, 0.2) is 0 Å². The van der Waals surface area contributed by atoms with Crippen molar-refractivity contribution in [2.24, 2.45) is 11.8 Å². The fourth-order valence-corrected chi connectivity index (χ4v) is 7.43. The molecule has 2 unspecified atom stereocenters. The van der Waals surface area contributed by atoms with E-state index >= 15 is 0 Å². The first-order valence-corrected chi connectivity index (χ1v) is 14.6. The molecule has 3 aromatic carbocycles. The summed E-state index contributed by atoms with van der Waals surface area (Å²) in [6.45, 7) is 4.04. The number of benzene rings is 3. The zero-order valence-corrected chi connectivity index (χ0v) is 23.5. The van der Waals surface area contributed by atoms with Crippen molar-refractivity contribution in [3.05, 3.63) is 78.4 Å². The molecular weight excluding hydrogens is 518 g/mol. The van der Waals surface area contributed by atoms with Gasteiger partial charge < -0.3 is 25.4 Å². The number of carbonyl (C=O) groups excluding carboxylic acids is 3. The van der Waals surface area contributed by atoms with Crippen LogP contribution in [0.25, 0.3) is 10.8 Å². The lowest BCUT2D eigenvalue weighted by Gasteiger charge is -2.37. The highest BCUT2D eigenvalue weighted by Crippen LogP contribution is 2.63. The topological polar surface area (TPSA) is 108 Å². The third-order valence-electron chi connectivity index (χ3n) is 9.23. The second-order valence-electron chi connectivity index (χ2n) is 11.8. The number of hydrogen-bond acceptors (Lipinski definition) is 5. The molecule has 3 saturated heterocycles. The Morgan fingerprint density at radius 3 is 2.49 bits per heavy atom. The first-order chi connectivity index (χ1) is 19.8. The molecule has 8 heteroatoms. The van der Waals surface area contributed by atoms with Crippen LogP contribution in [0, 0.1) is 11.8 Å². The van der Waals surface area contributed by atoms with Crippen molar-refractivity contribution in [2.45, 2.75) is 62.8 Å². The van der Waals surface area contributed by atoms with Gasteiger partial charge in [0.1, 0.15) is 11.6 Å². The fraction of sp³-hybridized carbons (Fsp3) is 0.424. The van der Waals surface area contributed by atoms with Crippen molar-refractivity contribution in [2.75, 3.05) is 18.5 Å². The smallest absolute Gasteiger partial charge is 0.250 e. The van der Waals surface area contributed by atoms with Crippen molar-refractivity contribution in [3.63, 3.8) is 0 Å². The van der Waals surface area contributed by atoms with Gasteiger partial charge in [-0.15, -0.1) is 0 Å². The van der Waals surface area contributed by atoms with Gasteiger partial charge in [-0.25, -0.2) is 0 Å². The Hall–Kier alpha value is -3.75. The number of likely N-dealkylation sites (tertiary alicyclic amines) is 1. The molecular formula is C33H37N3O5. The van der Waals surface area contributed by atoms with Gasteiger partial charge in [-0.3, -0.25) is 14.4 Å². The Morgan fingerprint density at radius 1 is 1.02 bits per heavy atom. The Morgan fingerprint density at radius 2 is 1.76 bits per heavy atom. The van der Waals surface area contributed by atoms with Crippen molar-refractivity contribution in [3.8, 4) is 0 Å². The second kappa shape index (κ2) is 10.6. The minimum atomic E-state index is -1.16. The maximum Gasteiger partial charge on any atom is 0.250 e. The van der Waals surface area contributed by atoms with Crippen LogP contribution in [0.3, 0.4) is 0 Å². The molecule has 1 spiro atoms. The van der Waals surface area contributed by atoms with E-state index in [0.29, 0.717) is 31.5 Å². The molecule has 0 aromatic heterocycles. The van der Waals surface area contributed by atoms with Gasteiger partial charge in [-0.1, -0.05) is 67.6 Å². The quantitative estimate of drug-likeness (QED) is 0.374. The Bertz CT molecular complexity index is 1480. The van der Waals surface area contributed by atoms with E-state index in [1.807, 2.05) is 86.6 Å². The van der Waals surface area contributed by atoms with Gasteiger partial charge in [0.05, 0.1) is 30.1 Å². The number of anilines is 1. The maximum absolute atomic E-state index is 14.4. The van der Waals surface area contributed by atoms with Crippen LogP contribution in [0.2, 0.25) is 0 Å². The van der Waals surface area contributed by atoms with Crippen LogP contribution in [-0.2, 0) is 25.5 Å². The van der Waals surface area contributed by atoms with E-state index in [2.05, 4.69) is 10.6 Å². The van der Waals surface area contributed by atoms with E-state index in [0.717, 1.165) is 22.8 Å². The first-order valence-electron chi connectivity index (χ1n) is 14.6. The molecule has 3 heterocycles. The number of fused-ring (bicyclic) bond motifs is 2. The predicted octanol–water partition coefficient (Wildman–Crippen LogP) is 3.67. The summed E-state index contributed by atoms with van der Waals surface area (Å²) in [5, 5.41) is 18.7. The number of rotatable bonds is 9. The Labute approximate surface area is 240 Å². The van der Waals surface area contributed by atoms with Gasteiger partial charge >= 0.3 is 0 Å². The highest BCUT2D eigenvalue weighted by molar-refractivity contribution is 6.04. The normalized spacial score (nSPS) is 29.0. The summed E-state index contributed by atoms with van der Waals surface area (Å²) in [7, 11) is 0. The van der Waals surface area contributed by atoms with Crippen LogP contribution in [0.5, 0.6) is 0 Å². The van der Waals surface area contributed by atoms with Crippen LogP contribution in [-0.4, -0.2) is 64.2 Å². The van der Waals surface area contributed by atoms with Gasteiger partial charge in [0.25, 0.3) is 0 Å². The third kappa shape index (κ3) is 4.50. The molecule has 3 aliphatic rings. The van der Waals surface area contributed by atoms with Crippen molar-refractivity contribution in [1.29, 1.82) is 0 Å². The number of aliphatic hydroxyl groups is 1. The third-order valence-corrected chi connectivity index (χ3v) is 9.23. The monoisotopic (exact) mass is 555 g/mol. The minimum Gasteiger partial charge on any atom is -0.394 e. The predicted molar refractivity (Wildman–Crippen MR) is 156 cm³/mol. The highest BCUT2D eigenvalue weighted by Gasteiger charge is 2.78. The number of hydrogen-bond donors (Lipinski definition) is 3. The number of nitrogens with zero attached hydrogens (tertiary/aromatic N) is 1. The van der Waals surface area contributed by atoms with E-state index in [1.54, 1.807) is 0 Å². The number of amides is 3. The summed E-state index contributed by atoms with van der Waals surface area (Å²) in [6, 6.07) is 21.5. The van der Waals surface area contributed by atoms with E-state index in [9.17, 15) is 19.5 Å². The molecule has 2 bridgehead atoms. The Balaban J connectivity index is 1.40. The SMILES string of the molecule is CCCNC(=O)[C@@H]1[C@H]2C(=O)N([C@@H](CO)Cc3ccccc3)C(C(=O)Nc3ccc4ccccc4c3)C23CC[C@@]1(C)O3. The molecule has 6 atom stereocenters. The first kappa shape index (κ1) is 27.4.